The van der Waals surface area contributed by atoms with E-state index in [1.165, 1.54) is 17.8 Å². The number of anilines is 1. The molecular formula is C20H17Cl2N3O4. The molecule has 0 fully saturated rings. The van der Waals surface area contributed by atoms with Gasteiger partial charge in [-0.2, -0.15) is 0 Å². The first-order chi connectivity index (χ1) is 13.8. The van der Waals surface area contributed by atoms with Crippen LogP contribution in [0.15, 0.2) is 47.5 Å². The minimum absolute atomic E-state index is 0.187. The highest BCUT2D eigenvalue weighted by Crippen LogP contribution is 2.23. The number of hydrogen-bond acceptors (Lipinski definition) is 5. The summed E-state index contributed by atoms with van der Waals surface area (Å²) in [7, 11) is 0. The number of aromatic nitrogens is 2. The Morgan fingerprint density at radius 3 is 2.66 bits per heavy atom. The van der Waals surface area contributed by atoms with Gasteiger partial charge >= 0.3 is 5.97 Å². The van der Waals surface area contributed by atoms with Crippen molar-refractivity contribution in [2.45, 2.75) is 19.9 Å². The number of amides is 1. The summed E-state index contributed by atoms with van der Waals surface area (Å²) < 4.78 is 6.16. The molecule has 3 aromatic rings. The Morgan fingerprint density at radius 2 is 1.93 bits per heavy atom. The van der Waals surface area contributed by atoms with Gasteiger partial charge in [-0.05, 0) is 42.3 Å². The van der Waals surface area contributed by atoms with E-state index in [-0.39, 0.29) is 12.2 Å². The second kappa shape index (κ2) is 9.07. The predicted molar refractivity (Wildman–Crippen MR) is 111 cm³/mol. The van der Waals surface area contributed by atoms with Crippen LogP contribution in [-0.4, -0.2) is 28.0 Å². The summed E-state index contributed by atoms with van der Waals surface area (Å²) in [5.41, 5.74) is 1.67. The van der Waals surface area contributed by atoms with Gasteiger partial charge in [-0.3, -0.25) is 19.0 Å². The number of carbonyl (C=O) groups is 2. The maximum Gasteiger partial charge on any atom is 0.303 e. The summed E-state index contributed by atoms with van der Waals surface area (Å²) >= 11 is 11.9. The van der Waals surface area contributed by atoms with Gasteiger partial charge in [0.2, 0.25) is 0 Å². The number of carbonyl (C=O) groups excluding carboxylic acids is 2. The van der Waals surface area contributed by atoms with Gasteiger partial charge in [0.1, 0.15) is 0 Å². The van der Waals surface area contributed by atoms with E-state index in [2.05, 4.69) is 15.0 Å². The molecule has 9 heteroatoms. The second-order valence-corrected chi connectivity index (χ2v) is 7.12. The maximum absolute atomic E-state index is 12.7. The highest BCUT2D eigenvalue weighted by molar-refractivity contribution is 6.42. The van der Waals surface area contributed by atoms with Crippen LogP contribution in [0, 0.1) is 0 Å². The van der Waals surface area contributed by atoms with Gasteiger partial charge in [0.05, 0.1) is 27.3 Å². The minimum atomic E-state index is -0.540. The van der Waals surface area contributed by atoms with E-state index in [0.717, 1.165) is 5.56 Å². The molecule has 0 aliphatic rings. The first-order valence-electron chi connectivity index (χ1n) is 8.70. The number of hydrogen-bond donors (Lipinski definition) is 1. The van der Waals surface area contributed by atoms with Crippen molar-refractivity contribution in [3.8, 4) is 0 Å². The normalized spacial score (nSPS) is 10.7. The van der Waals surface area contributed by atoms with E-state index >= 15 is 0 Å². The van der Waals surface area contributed by atoms with E-state index in [9.17, 15) is 14.4 Å². The van der Waals surface area contributed by atoms with E-state index in [4.69, 9.17) is 23.2 Å². The topological polar surface area (TPSA) is 90.3 Å². The Bertz CT molecular complexity index is 1140. The molecule has 0 saturated carbocycles. The second-order valence-electron chi connectivity index (χ2n) is 6.30. The predicted octanol–water partition coefficient (Wildman–Crippen LogP) is 3.45. The first kappa shape index (κ1) is 20.8. The Hall–Kier alpha value is -2.90. The van der Waals surface area contributed by atoms with Crippen LogP contribution in [0.1, 0.15) is 12.5 Å². The first-order valence-corrected chi connectivity index (χ1v) is 9.45. The molecule has 29 heavy (non-hydrogen) atoms. The lowest BCUT2D eigenvalue weighted by molar-refractivity contribution is -0.144. The molecule has 0 saturated heterocycles. The molecule has 7 nitrogen and oxygen atoms in total. The van der Waals surface area contributed by atoms with Crippen molar-refractivity contribution < 1.29 is 14.3 Å². The number of rotatable bonds is 6. The fraction of sp³-hybridized carbons (Fsp3) is 0.200. The van der Waals surface area contributed by atoms with E-state index in [0.29, 0.717) is 39.6 Å². The summed E-state index contributed by atoms with van der Waals surface area (Å²) in [4.78, 5) is 39.5. The Kier molecular flexibility index (Phi) is 6.51. The van der Waals surface area contributed by atoms with Crippen molar-refractivity contribution in [3.05, 3.63) is 68.7 Å². The number of benzene rings is 2. The van der Waals surface area contributed by atoms with Crippen LogP contribution < -0.4 is 10.9 Å². The van der Waals surface area contributed by atoms with E-state index < -0.39 is 11.9 Å². The van der Waals surface area contributed by atoms with Gasteiger partial charge in [0, 0.05) is 19.2 Å². The molecule has 1 aromatic heterocycles. The molecule has 1 heterocycles. The van der Waals surface area contributed by atoms with Gasteiger partial charge in [-0.1, -0.05) is 29.3 Å². The number of halogens is 2. The molecule has 0 aliphatic carbocycles. The number of nitrogens with zero attached hydrogens (tertiary/aromatic N) is 2. The quantitative estimate of drug-likeness (QED) is 0.601. The third-order valence-corrected chi connectivity index (χ3v) is 4.88. The fourth-order valence-corrected chi connectivity index (χ4v) is 3.03. The summed E-state index contributed by atoms with van der Waals surface area (Å²) in [5, 5.41) is 3.97. The van der Waals surface area contributed by atoms with Crippen molar-refractivity contribution in [2.24, 2.45) is 0 Å². The number of nitrogens with one attached hydrogen (secondary N) is 1. The third-order valence-electron chi connectivity index (χ3n) is 4.14. The number of ether oxygens (including phenoxy) is 1. The molecule has 0 aliphatic heterocycles. The van der Waals surface area contributed by atoms with Crippen LogP contribution in [-0.2, 0) is 27.3 Å². The van der Waals surface area contributed by atoms with E-state index in [1.807, 2.05) is 6.07 Å². The number of aryl methyl sites for hydroxylation is 2. The van der Waals surface area contributed by atoms with Crippen molar-refractivity contribution in [2.75, 3.05) is 11.9 Å². The Morgan fingerprint density at radius 1 is 1.14 bits per heavy atom. The summed E-state index contributed by atoms with van der Waals surface area (Å²) in [5.74, 6) is -1.02. The molecule has 2 aromatic carbocycles. The lowest BCUT2D eigenvalue weighted by atomic mass is 10.1. The molecule has 1 N–H and O–H groups in total. The smallest absolute Gasteiger partial charge is 0.303 e. The average molecular weight is 434 g/mol. The van der Waals surface area contributed by atoms with E-state index in [1.54, 1.807) is 30.3 Å². The zero-order valence-electron chi connectivity index (χ0n) is 15.4. The number of fused-ring (bicyclic) bond motifs is 1. The third kappa shape index (κ3) is 5.34. The highest BCUT2D eigenvalue weighted by Gasteiger charge is 2.09. The largest absolute Gasteiger partial charge is 0.456 e. The van der Waals surface area contributed by atoms with Crippen LogP contribution in [0.5, 0.6) is 0 Å². The Balaban J connectivity index is 1.74. The highest BCUT2D eigenvalue weighted by atomic mass is 35.5. The molecule has 3 rings (SSSR count). The average Bonchev–Trinajstić information content (AvgIpc) is 2.68. The van der Waals surface area contributed by atoms with Crippen LogP contribution in [0.2, 0.25) is 10.0 Å². The van der Waals surface area contributed by atoms with Gasteiger partial charge in [-0.25, -0.2) is 4.98 Å². The lowest BCUT2D eigenvalue weighted by Crippen LogP contribution is -2.22. The molecule has 0 radical (unpaired) electrons. The van der Waals surface area contributed by atoms with Crippen molar-refractivity contribution in [3.63, 3.8) is 0 Å². The summed E-state index contributed by atoms with van der Waals surface area (Å²) in [6.07, 6.45) is 2.06. The summed E-state index contributed by atoms with van der Waals surface area (Å²) in [6.45, 7) is 1.28. The van der Waals surface area contributed by atoms with Gasteiger partial charge < -0.3 is 10.1 Å². The maximum atomic E-state index is 12.7. The molecule has 0 spiro atoms. The molecule has 150 valence electrons. The van der Waals surface area contributed by atoms with Crippen LogP contribution >= 0.6 is 23.2 Å². The van der Waals surface area contributed by atoms with Gasteiger partial charge in [-0.15, -0.1) is 0 Å². The molecule has 0 unspecified atom stereocenters. The summed E-state index contributed by atoms with van der Waals surface area (Å²) in [6, 6.07) is 10.1. The molecule has 0 bridgehead atoms. The number of esters is 1. The standard InChI is InChI=1S/C20H17Cl2N3O4/c1-12(26)29-10-19(27)24-14-3-4-15-18(9-14)23-11-25(20(15)28)7-6-13-2-5-16(21)17(22)8-13/h2-5,8-9,11H,6-7,10H2,1H3,(H,24,27). The van der Waals surface area contributed by atoms with Crippen molar-refractivity contribution in [1.82, 2.24) is 9.55 Å². The molecular weight excluding hydrogens is 417 g/mol. The molecule has 0 atom stereocenters. The van der Waals surface area contributed by atoms with Crippen LogP contribution in [0.3, 0.4) is 0 Å². The Labute approximate surface area is 176 Å². The molecule has 1 amide bonds. The lowest BCUT2D eigenvalue weighted by Gasteiger charge is -2.09. The zero-order chi connectivity index (χ0) is 21.0. The minimum Gasteiger partial charge on any atom is -0.456 e. The van der Waals surface area contributed by atoms with Gasteiger partial charge in [0.15, 0.2) is 6.61 Å². The fourth-order valence-electron chi connectivity index (χ4n) is 2.70. The van der Waals surface area contributed by atoms with Gasteiger partial charge in [0.25, 0.3) is 11.5 Å². The zero-order valence-corrected chi connectivity index (χ0v) is 17.0. The van der Waals surface area contributed by atoms with Crippen LogP contribution in [0.4, 0.5) is 5.69 Å². The SMILES string of the molecule is CC(=O)OCC(=O)Nc1ccc2c(=O)n(CCc3ccc(Cl)c(Cl)c3)cnc2c1. The monoisotopic (exact) mass is 433 g/mol. The van der Waals surface area contributed by atoms with Crippen molar-refractivity contribution >= 4 is 51.7 Å². The van der Waals surface area contributed by atoms with Crippen molar-refractivity contribution in [1.29, 1.82) is 0 Å². The van der Waals surface area contributed by atoms with Crippen LogP contribution in [0.25, 0.3) is 10.9 Å².